The lowest BCUT2D eigenvalue weighted by Gasteiger charge is -2.34. The number of nitrogens with zero attached hydrogens (tertiary/aromatic N) is 3. The Hall–Kier alpha value is -2.21. The zero-order valence-electron chi connectivity index (χ0n) is 15.9. The maximum absolute atomic E-state index is 13.9. The Kier molecular flexibility index (Phi) is 5.00. The fraction of sp³-hybridized carbons (Fsp3) is 0.524. The predicted octanol–water partition coefficient (Wildman–Crippen LogP) is 3.49. The van der Waals surface area contributed by atoms with E-state index in [-0.39, 0.29) is 17.6 Å². The van der Waals surface area contributed by atoms with Crippen LogP contribution in [0.15, 0.2) is 28.7 Å². The fourth-order valence-corrected chi connectivity index (χ4v) is 4.31. The van der Waals surface area contributed by atoms with Crippen molar-refractivity contribution in [3.05, 3.63) is 53.0 Å². The molecule has 1 amide bonds. The zero-order valence-corrected chi connectivity index (χ0v) is 15.9. The number of aromatic nitrogens is 1. The minimum absolute atomic E-state index is 0.108. The first-order chi connectivity index (χ1) is 13.0. The number of halogens is 1. The van der Waals surface area contributed by atoms with Crippen molar-refractivity contribution < 1.29 is 13.6 Å². The number of hydrogen-bond acceptors (Lipinski definition) is 4. The lowest BCUT2D eigenvalue weighted by Crippen LogP contribution is -2.42. The molecule has 1 saturated heterocycles. The molecule has 5 nitrogen and oxygen atoms in total. The van der Waals surface area contributed by atoms with Gasteiger partial charge >= 0.3 is 5.91 Å². The van der Waals surface area contributed by atoms with Gasteiger partial charge in [-0.1, -0.05) is 32.0 Å². The molecule has 2 unspecified atom stereocenters. The van der Waals surface area contributed by atoms with Gasteiger partial charge in [0.2, 0.25) is 0 Å². The predicted molar refractivity (Wildman–Crippen MR) is 99.6 cm³/mol. The van der Waals surface area contributed by atoms with E-state index in [0.717, 1.165) is 37.5 Å². The number of oxazole rings is 1. The summed E-state index contributed by atoms with van der Waals surface area (Å²) in [4.78, 5) is 21.3. The largest absolute Gasteiger partial charge is 0.437 e. The van der Waals surface area contributed by atoms with E-state index in [4.69, 9.17) is 4.42 Å². The van der Waals surface area contributed by atoms with Crippen LogP contribution in [-0.4, -0.2) is 40.3 Å². The third-order valence-electron chi connectivity index (χ3n) is 5.50. The lowest BCUT2D eigenvalue weighted by molar-refractivity contribution is 0.0581. The average molecular weight is 371 g/mol. The number of rotatable bonds is 3. The minimum atomic E-state index is -0.187. The molecule has 4 rings (SSSR count). The topological polar surface area (TPSA) is 49.6 Å². The van der Waals surface area contributed by atoms with E-state index in [1.54, 1.807) is 12.1 Å². The summed E-state index contributed by atoms with van der Waals surface area (Å²) in [5, 5.41) is 0. The number of carbonyl (C=O) groups excluding carboxylic acids is 1. The van der Waals surface area contributed by atoms with Crippen LogP contribution >= 0.6 is 0 Å². The molecule has 3 heterocycles. The first-order valence-electron chi connectivity index (χ1n) is 9.73. The molecule has 2 atom stereocenters. The van der Waals surface area contributed by atoms with Crippen LogP contribution < -0.4 is 0 Å². The Morgan fingerprint density at radius 3 is 2.74 bits per heavy atom. The molecule has 27 heavy (non-hydrogen) atoms. The van der Waals surface area contributed by atoms with Crippen molar-refractivity contribution in [1.82, 2.24) is 14.8 Å². The number of amides is 1. The number of hydrogen-bond donors (Lipinski definition) is 0. The van der Waals surface area contributed by atoms with Gasteiger partial charge in [0, 0.05) is 44.7 Å². The van der Waals surface area contributed by atoms with Crippen molar-refractivity contribution in [3.63, 3.8) is 0 Å². The molecule has 0 bridgehead atoms. The quantitative estimate of drug-likeness (QED) is 0.829. The van der Waals surface area contributed by atoms with Crippen molar-refractivity contribution in [3.8, 4) is 0 Å². The van der Waals surface area contributed by atoms with Gasteiger partial charge in [0.05, 0.1) is 5.69 Å². The van der Waals surface area contributed by atoms with Crippen LogP contribution in [0.3, 0.4) is 0 Å². The van der Waals surface area contributed by atoms with Gasteiger partial charge in [-0.25, -0.2) is 9.37 Å². The highest BCUT2D eigenvalue weighted by Crippen LogP contribution is 2.25. The third kappa shape index (κ3) is 3.90. The summed E-state index contributed by atoms with van der Waals surface area (Å²) in [6.45, 7) is 7.75. The van der Waals surface area contributed by atoms with Crippen LogP contribution in [-0.2, 0) is 19.5 Å². The van der Waals surface area contributed by atoms with Gasteiger partial charge in [0.25, 0.3) is 5.89 Å². The van der Waals surface area contributed by atoms with Crippen LogP contribution in [0, 0.1) is 17.7 Å². The highest BCUT2D eigenvalue weighted by atomic mass is 19.1. The molecule has 0 spiro atoms. The van der Waals surface area contributed by atoms with Crippen molar-refractivity contribution in [2.75, 3.05) is 19.6 Å². The molecule has 0 saturated carbocycles. The number of piperidine rings is 1. The number of fused-ring (bicyclic) bond motifs is 1. The Labute approximate surface area is 159 Å². The Bertz CT molecular complexity index is 825. The van der Waals surface area contributed by atoms with E-state index >= 15 is 0 Å². The summed E-state index contributed by atoms with van der Waals surface area (Å²) in [6, 6.07) is 6.84. The van der Waals surface area contributed by atoms with Crippen LogP contribution in [0.25, 0.3) is 0 Å². The van der Waals surface area contributed by atoms with E-state index in [9.17, 15) is 9.18 Å². The summed E-state index contributed by atoms with van der Waals surface area (Å²) in [7, 11) is 0. The normalized spacial score (nSPS) is 23.3. The first kappa shape index (κ1) is 18.2. The van der Waals surface area contributed by atoms with E-state index in [2.05, 4.69) is 23.7 Å². The summed E-state index contributed by atoms with van der Waals surface area (Å²) in [5.74, 6) is 1.70. The molecule has 1 aromatic heterocycles. The molecule has 2 aliphatic heterocycles. The smallest absolute Gasteiger partial charge is 0.309 e. The van der Waals surface area contributed by atoms with Crippen molar-refractivity contribution in [2.24, 2.45) is 11.8 Å². The van der Waals surface area contributed by atoms with Crippen LogP contribution in [0.1, 0.15) is 48.0 Å². The van der Waals surface area contributed by atoms with Gasteiger partial charge in [-0.05, 0) is 24.3 Å². The first-order valence-corrected chi connectivity index (χ1v) is 9.73. The second-order valence-electron chi connectivity index (χ2n) is 8.10. The third-order valence-corrected chi connectivity index (χ3v) is 5.50. The van der Waals surface area contributed by atoms with Crippen molar-refractivity contribution in [2.45, 2.75) is 39.8 Å². The Balaban J connectivity index is 1.45. The van der Waals surface area contributed by atoms with E-state index in [1.165, 1.54) is 6.07 Å². The van der Waals surface area contributed by atoms with Gasteiger partial charge in [-0.2, -0.15) is 0 Å². The van der Waals surface area contributed by atoms with Gasteiger partial charge in [0.15, 0.2) is 0 Å². The van der Waals surface area contributed by atoms with Gasteiger partial charge in [0.1, 0.15) is 11.6 Å². The molecule has 144 valence electrons. The summed E-state index contributed by atoms with van der Waals surface area (Å²) in [6.07, 6.45) is 1.84. The molecular weight excluding hydrogens is 345 g/mol. The summed E-state index contributed by atoms with van der Waals surface area (Å²) in [5.41, 5.74) is 1.48. The molecule has 2 aromatic rings. The molecule has 0 N–H and O–H groups in total. The SMILES string of the molecule is CC1CC(C)CN(C(=O)c2nc3c(o2)CCN(Cc2ccccc2F)C3)C1. The minimum Gasteiger partial charge on any atom is -0.437 e. The maximum atomic E-state index is 13.9. The van der Waals surface area contributed by atoms with Gasteiger partial charge in [-0.3, -0.25) is 9.69 Å². The number of likely N-dealkylation sites (tertiary alicyclic amines) is 1. The molecule has 0 aliphatic carbocycles. The van der Waals surface area contributed by atoms with Gasteiger partial charge < -0.3 is 9.32 Å². The molecule has 6 heteroatoms. The lowest BCUT2D eigenvalue weighted by atomic mass is 9.92. The molecule has 0 radical (unpaired) electrons. The van der Waals surface area contributed by atoms with Crippen LogP contribution in [0.5, 0.6) is 0 Å². The van der Waals surface area contributed by atoms with Crippen molar-refractivity contribution >= 4 is 5.91 Å². The summed E-state index contributed by atoms with van der Waals surface area (Å²) >= 11 is 0. The molecule has 2 aliphatic rings. The summed E-state index contributed by atoms with van der Waals surface area (Å²) < 4.78 is 19.7. The highest BCUT2D eigenvalue weighted by molar-refractivity contribution is 5.89. The number of carbonyl (C=O) groups is 1. The van der Waals surface area contributed by atoms with E-state index < -0.39 is 0 Å². The van der Waals surface area contributed by atoms with E-state index in [0.29, 0.717) is 36.9 Å². The molecule has 1 aromatic carbocycles. The van der Waals surface area contributed by atoms with Crippen LogP contribution in [0.4, 0.5) is 4.39 Å². The van der Waals surface area contributed by atoms with Crippen LogP contribution in [0.2, 0.25) is 0 Å². The van der Waals surface area contributed by atoms with Gasteiger partial charge in [-0.15, -0.1) is 0 Å². The number of benzene rings is 1. The standard InChI is InChI=1S/C21H26FN3O2/c1-14-9-15(2)11-25(10-14)21(26)20-23-18-13-24(8-7-19(18)27-20)12-16-5-3-4-6-17(16)22/h3-6,14-15H,7-13H2,1-2H3. The highest BCUT2D eigenvalue weighted by Gasteiger charge is 2.31. The zero-order chi connectivity index (χ0) is 19.0. The van der Waals surface area contributed by atoms with E-state index in [1.807, 2.05) is 11.0 Å². The maximum Gasteiger partial charge on any atom is 0.309 e. The second kappa shape index (κ2) is 7.43. The average Bonchev–Trinajstić information content (AvgIpc) is 3.05. The monoisotopic (exact) mass is 371 g/mol. The molecular formula is C21H26FN3O2. The Morgan fingerprint density at radius 1 is 1.26 bits per heavy atom. The van der Waals surface area contributed by atoms with Crippen molar-refractivity contribution in [1.29, 1.82) is 0 Å². The second-order valence-corrected chi connectivity index (χ2v) is 8.10. The Morgan fingerprint density at radius 2 is 2.00 bits per heavy atom. The molecule has 1 fully saturated rings. The fourth-order valence-electron chi connectivity index (χ4n) is 4.31.